The van der Waals surface area contributed by atoms with Gasteiger partial charge >= 0.3 is 0 Å². The lowest BCUT2D eigenvalue weighted by atomic mass is 10.2. The predicted octanol–water partition coefficient (Wildman–Crippen LogP) is 3.38. The van der Waals surface area contributed by atoms with Crippen LogP contribution in [0.15, 0.2) is 22.8 Å². The molecule has 1 aromatic heterocycles. The average molecular weight is 297 g/mol. The Hall–Kier alpha value is -1.07. The first-order chi connectivity index (χ1) is 8.24. The number of fused-ring (bicyclic) bond motifs is 1. The standard InChI is InChI=1S/C12H10BrFN2O/c13-8-4-7-6-15-12(10-2-1-3-17-10)16-11(7)9(14)5-8/h4-6,10H,1-3H2. The van der Waals surface area contributed by atoms with Crippen molar-refractivity contribution in [3.63, 3.8) is 0 Å². The first-order valence-electron chi connectivity index (χ1n) is 5.47. The van der Waals surface area contributed by atoms with Crippen molar-refractivity contribution in [2.45, 2.75) is 18.9 Å². The second-order valence-electron chi connectivity index (χ2n) is 4.06. The van der Waals surface area contributed by atoms with Crippen LogP contribution in [-0.2, 0) is 4.74 Å². The third kappa shape index (κ3) is 2.05. The average Bonchev–Trinajstić information content (AvgIpc) is 2.82. The van der Waals surface area contributed by atoms with Crippen molar-refractivity contribution >= 4 is 26.8 Å². The summed E-state index contributed by atoms with van der Waals surface area (Å²) in [4.78, 5) is 8.51. The predicted molar refractivity (Wildman–Crippen MR) is 65.1 cm³/mol. The van der Waals surface area contributed by atoms with E-state index in [2.05, 4.69) is 25.9 Å². The maximum absolute atomic E-state index is 13.8. The van der Waals surface area contributed by atoms with Gasteiger partial charge in [-0.3, -0.25) is 0 Å². The number of hydrogen-bond acceptors (Lipinski definition) is 3. The van der Waals surface area contributed by atoms with E-state index in [1.807, 2.05) is 0 Å². The van der Waals surface area contributed by atoms with Gasteiger partial charge in [-0.25, -0.2) is 14.4 Å². The Morgan fingerprint density at radius 1 is 1.41 bits per heavy atom. The molecular weight excluding hydrogens is 287 g/mol. The van der Waals surface area contributed by atoms with Crippen LogP contribution in [-0.4, -0.2) is 16.6 Å². The van der Waals surface area contributed by atoms with E-state index >= 15 is 0 Å². The molecule has 3 rings (SSSR count). The van der Waals surface area contributed by atoms with E-state index in [4.69, 9.17) is 4.74 Å². The van der Waals surface area contributed by atoms with Gasteiger partial charge in [0.25, 0.3) is 0 Å². The summed E-state index contributed by atoms with van der Waals surface area (Å²) in [5, 5.41) is 0.693. The number of halogens is 2. The summed E-state index contributed by atoms with van der Waals surface area (Å²) < 4.78 is 19.9. The number of rotatable bonds is 1. The van der Waals surface area contributed by atoms with Crippen LogP contribution in [0.1, 0.15) is 24.8 Å². The molecule has 1 aliphatic heterocycles. The lowest BCUT2D eigenvalue weighted by Crippen LogP contribution is -2.03. The molecule has 5 heteroatoms. The summed E-state index contributed by atoms with van der Waals surface area (Å²) in [5.41, 5.74) is 0.355. The van der Waals surface area contributed by atoms with Gasteiger partial charge in [-0.15, -0.1) is 0 Å². The van der Waals surface area contributed by atoms with Gasteiger partial charge in [0.2, 0.25) is 0 Å². The van der Waals surface area contributed by atoms with E-state index in [-0.39, 0.29) is 11.9 Å². The molecule has 1 aliphatic rings. The van der Waals surface area contributed by atoms with Crippen molar-refractivity contribution < 1.29 is 9.13 Å². The Balaban J connectivity index is 2.11. The van der Waals surface area contributed by atoms with Crippen LogP contribution in [0.25, 0.3) is 10.9 Å². The van der Waals surface area contributed by atoms with Crippen LogP contribution in [0.2, 0.25) is 0 Å². The quantitative estimate of drug-likeness (QED) is 0.809. The summed E-state index contributed by atoms with van der Waals surface area (Å²) in [6, 6.07) is 3.21. The van der Waals surface area contributed by atoms with Gasteiger partial charge in [0.15, 0.2) is 11.6 Å². The van der Waals surface area contributed by atoms with Crippen LogP contribution in [0.5, 0.6) is 0 Å². The SMILES string of the molecule is Fc1cc(Br)cc2cnc(C3CCCO3)nc12. The van der Waals surface area contributed by atoms with Crippen molar-refractivity contribution in [1.82, 2.24) is 9.97 Å². The highest BCUT2D eigenvalue weighted by atomic mass is 79.9. The summed E-state index contributed by atoms with van der Waals surface area (Å²) >= 11 is 3.25. The number of hydrogen-bond donors (Lipinski definition) is 0. The van der Waals surface area contributed by atoms with E-state index in [1.54, 1.807) is 12.3 Å². The molecule has 17 heavy (non-hydrogen) atoms. The normalized spacial score (nSPS) is 20.0. The molecule has 1 saturated heterocycles. The smallest absolute Gasteiger partial charge is 0.157 e. The molecule has 2 heterocycles. The Morgan fingerprint density at radius 2 is 2.29 bits per heavy atom. The Kier molecular flexibility index (Phi) is 2.80. The largest absolute Gasteiger partial charge is 0.370 e. The highest BCUT2D eigenvalue weighted by molar-refractivity contribution is 9.10. The number of ether oxygens (including phenoxy) is 1. The van der Waals surface area contributed by atoms with Crippen molar-refractivity contribution in [3.8, 4) is 0 Å². The second-order valence-corrected chi connectivity index (χ2v) is 4.97. The van der Waals surface area contributed by atoms with Gasteiger partial charge in [0, 0.05) is 22.7 Å². The Labute approximate surface area is 106 Å². The van der Waals surface area contributed by atoms with Crippen LogP contribution < -0.4 is 0 Å². The molecule has 0 spiro atoms. The maximum atomic E-state index is 13.8. The molecule has 0 aliphatic carbocycles. The van der Waals surface area contributed by atoms with E-state index in [9.17, 15) is 4.39 Å². The van der Waals surface area contributed by atoms with Gasteiger partial charge in [-0.05, 0) is 25.0 Å². The minimum Gasteiger partial charge on any atom is -0.370 e. The fraction of sp³-hybridized carbons (Fsp3) is 0.333. The molecule has 1 unspecified atom stereocenters. The fourth-order valence-electron chi connectivity index (χ4n) is 2.02. The minimum absolute atomic E-state index is 0.0811. The van der Waals surface area contributed by atoms with E-state index in [1.165, 1.54) is 6.07 Å². The maximum Gasteiger partial charge on any atom is 0.157 e. The molecule has 2 aromatic rings. The fourth-order valence-corrected chi connectivity index (χ4v) is 2.47. The monoisotopic (exact) mass is 296 g/mol. The van der Waals surface area contributed by atoms with Gasteiger partial charge in [-0.1, -0.05) is 15.9 Å². The number of aromatic nitrogens is 2. The van der Waals surface area contributed by atoms with E-state index in [0.29, 0.717) is 21.2 Å². The first-order valence-corrected chi connectivity index (χ1v) is 6.26. The third-order valence-electron chi connectivity index (χ3n) is 2.84. The number of benzene rings is 1. The van der Waals surface area contributed by atoms with E-state index < -0.39 is 0 Å². The summed E-state index contributed by atoms with van der Waals surface area (Å²) in [7, 11) is 0. The molecule has 1 atom stereocenters. The first kappa shape index (κ1) is 11.0. The van der Waals surface area contributed by atoms with Crippen LogP contribution in [0.3, 0.4) is 0 Å². The summed E-state index contributed by atoms with van der Waals surface area (Å²) in [6.07, 6.45) is 3.48. The van der Waals surface area contributed by atoms with Gasteiger partial charge in [0.1, 0.15) is 11.6 Å². The van der Waals surface area contributed by atoms with Crippen molar-refractivity contribution in [1.29, 1.82) is 0 Å². The number of nitrogens with zero attached hydrogens (tertiary/aromatic N) is 2. The van der Waals surface area contributed by atoms with Gasteiger partial charge in [-0.2, -0.15) is 0 Å². The van der Waals surface area contributed by atoms with Crippen LogP contribution >= 0.6 is 15.9 Å². The molecule has 0 amide bonds. The van der Waals surface area contributed by atoms with Crippen molar-refractivity contribution in [2.24, 2.45) is 0 Å². The Bertz CT molecular complexity index is 570. The highest BCUT2D eigenvalue weighted by Gasteiger charge is 2.21. The van der Waals surface area contributed by atoms with E-state index in [0.717, 1.165) is 19.4 Å². The molecule has 0 bridgehead atoms. The molecule has 0 N–H and O–H groups in total. The zero-order valence-electron chi connectivity index (χ0n) is 8.99. The molecule has 3 nitrogen and oxygen atoms in total. The molecule has 0 saturated carbocycles. The molecule has 88 valence electrons. The van der Waals surface area contributed by atoms with Crippen LogP contribution in [0, 0.1) is 5.82 Å². The molecule has 0 radical (unpaired) electrons. The zero-order chi connectivity index (χ0) is 11.8. The van der Waals surface area contributed by atoms with Crippen LogP contribution in [0.4, 0.5) is 4.39 Å². The zero-order valence-corrected chi connectivity index (χ0v) is 10.6. The van der Waals surface area contributed by atoms with Crippen molar-refractivity contribution in [3.05, 3.63) is 34.4 Å². The van der Waals surface area contributed by atoms with Gasteiger partial charge < -0.3 is 4.74 Å². The second kappa shape index (κ2) is 4.31. The Morgan fingerprint density at radius 3 is 3.06 bits per heavy atom. The third-order valence-corrected chi connectivity index (χ3v) is 3.30. The lowest BCUT2D eigenvalue weighted by molar-refractivity contribution is 0.105. The summed E-state index contributed by atoms with van der Waals surface area (Å²) in [5.74, 6) is 0.243. The molecule has 1 aromatic carbocycles. The lowest BCUT2D eigenvalue weighted by Gasteiger charge is -2.08. The van der Waals surface area contributed by atoms with Gasteiger partial charge in [0.05, 0.1) is 0 Å². The summed E-state index contributed by atoms with van der Waals surface area (Å²) in [6.45, 7) is 0.731. The highest BCUT2D eigenvalue weighted by Crippen LogP contribution is 2.28. The topological polar surface area (TPSA) is 35.0 Å². The molecular formula is C12H10BrFN2O. The van der Waals surface area contributed by atoms with Crippen molar-refractivity contribution in [2.75, 3.05) is 6.61 Å². The molecule has 1 fully saturated rings. The minimum atomic E-state index is -0.337.